The molecule has 0 amide bonds. The van der Waals surface area contributed by atoms with Crippen LogP contribution in [-0.2, 0) is 0 Å². The van der Waals surface area contributed by atoms with Gasteiger partial charge in [-0.2, -0.15) is 0 Å². The van der Waals surface area contributed by atoms with Crippen LogP contribution in [-0.4, -0.2) is 23.7 Å². The summed E-state index contributed by atoms with van der Waals surface area (Å²) in [5.74, 6) is 0.667. The van der Waals surface area contributed by atoms with Gasteiger partial charge in [0.1, 0.15) is 5.75 Å². The van der Waals surface area contributed by atoms with E-state index in [2.05, 4.69) is 9.73 Å². The predicted molar refractivity (Wildman–Crippen MR) is 57.0 cm³/mol. The molecule has 0 saturated heterocycles. The second kappa shape index (κ2) is 4.37. The zero-order chi connectivity index (χ0) is 11.6. The van der Waals surface area contributed by atoms with Gasteiger partial charge in [0.15, 0.2) is 0 Å². The van der Waals surface area contributed by atoms with Gasteiger partial charge in [0.05, 0.1) is 5.04 Å². The van der Waals surface area contributed by atoms with E-state index in [1.165, 1.54) is 30.0 Å². The van der Waals surface area contributed by atoms with Gasteiger partial charge in [-0.25, -0.2) is 0 Å². The third kappa shape index (κ3) is 2.91. The highest BCUT2D eigenvalue weighted by Crippen LogP contribution is 2.26. The van der Waals surface area contributed by atoms with Gasteiger partial charge in [-0.1, -0.05) is 12.1 Å². The van der Waals surface area contributed by atoms with Crippen LogP contribution in [0.25, 0.3) is 0 Å². The number of benzene rings is 1. The standard InChI is InChI=1S/C10H8F3NOS/c11-10(12,13)15-8-3-1-2-7(6-8)9-14-4-5-16-9/h1-3,6H,4-5H2. The molecule has 1 aromatic carbocycles. The Morgan fingerprint density at radius 1 is 1.31 bits per heavy atom. The summed E-state index contributed by atoms with van der Waals surface area (Å²) >= 11 is 1.54. The molecule has 1 aromatic rings. The molecule has 6 heteroatoms. The molecule has 0 spiro atoms. The largest absolute Gasteiger partial charge is 0.573 e. The van der Waals surface area contributed by atoms with Gasteiger partial charge in [0.25, 0.3) is 0 Å². The van der Waals surface area contributed by atoms with Gasteiger partial charge >= 0.3 is 6.36 Å². The molecule has 1 aliphatic rings. The van der Waals surface area contributed by atoms with Gasteiger partial charge in [-0.05, 0) is 12.1 Å². The smallest absolute Gasteiger partial charge is 0.406 e. The third-order valence-corrected chi connectivity index (χ3v) is 2.92. The SMILES string of the molecule is FC(F)(F)Oc1cccc(C2=NCCS2)c1. The molecule has 0 unspecified atom stereocenters. The van der Waals surface area contributed by atoms with E-state index < -0.39 is 6.36 Å². The summed E-state index contributed by atoms with van der Waals surface area (Å²) in [6.45, 7) is 0.713. The minimum atomic E-state index is -4.65. The number of thioether (sulfide) groups is 1. The van der Waals surface area contributed by atoms with Crippen molar-refractivity contribution in [3.63, 3.8) is 0 Å². The fraction of sp³-hybridized carbons (Fsp3) is 0.300. The van der Waals surface area contributed by atoms with Crippen molar-refractivity contribution in [3.05, 3.63) is 29.8 Å². The number of halogens is 3. The molecule has 1 aliphatic heterocycles. The lowest BCUT2D eigenvalue weighted by molar-refractivity contribution is -0.274. The highest BCUT2D eigenvalue weighted by atomic mass is 32.2. The molecule has 1 heterocycles. The van der Waals surface area contributed by atoms with Crippen LogP contribution < -0.4 is 4.74 Å². The van der Waals surface area contributed by atoms with Crippen molar-refractivity contribution >= 4 is 16.8 Å². The zero-order valence-corrected chi connectivity index (χ0v) is 8.94. The van der Waals surface area contributed by atoms with Gasteiger partial charge in [0.2, 0.25) is 0 Å². The van der Waals surface area contributed by atoms with Gasteiger partial charge in [-0.3, -0.25) is 4.99 Å². The number of ether oxygens (including phenoxy) is 1. The Morgan fingerprint density at radius 3 is 2.75 bits per heavy atom. The maximum atomic E-state index is 12.0. The highest BCUT2D eigenvalue weighted by Gasteiger charge is 2.31. The van der Waals surface area contributed by atoms with Crippen LogP contribution >= 0.6 is 11.8 Å². The molecule has 0 atom stereocenters. The maximum Gasteiger partial charge on any atom is 0.573 e. The Hall–Kier alpha value is -1.17. The minimum absolute atomic E-state index is 0.208. The summed E-state index contributed by atoms with van der Waals surface area (Å²) in [5.41, 5.74) is 0.671. The molecule has 2 rings (SSSR count). The molecule has 0 saturated carbocycles. The van der Waals surface area contributed by atoms with Crippen molar-refractivity contribution in [2.45, 2.75) is 6.36 Å². The van der Waals surface area contributed by atoms with Crippen LogP contribution in [0.5, 0.6) is 5.75 Å². The Kier molecular flexibility index (Phi) is 3.09. The second-order valence-electron chi connectivity index (χ2n) is 3.11. The number of hydrogen-bond acceptors (Lipinski definition) is 3. The Balaban J connectivity index is 2.19. The van der Waals surface area contributed by atoms with Crippen molar-refractivity contribution in [2.75, 3.05) is 12.3 Å². The first-order valence-corrected chi connectivity index (χ1v) is 5.56. The average molecular weight is 247 g/mol. The maximum absolute atomic E-state index is 12.0. The first-order chi connectivity index (χ1) is 7.54. The quantitative estimate of drug-likeness (QED) is 0.801. The molecule has 0 fully saturated rings. The van der Waals surface area contributed by atoms with Crippen LogP contribution in [0.3, 0.4) is 0 Å². The molecule has 86 valence electrons. The molecule has 16 heavy (non-hydrogen) atoms. The summed E-state index contributed by atoms with van der Waals surface area (Å²) in [5, 5.41) is 0.771. The van der Waals surface area contributed by atoms with E-state index in [0.29, 0.717) is 12.1 Å². The molecule has 0 aromatic heterocycles. The lowest BCUT2D eigenvalue weighted by Gasteiger charge is -2.09. The van der Waals surface area contributed by atoms with E-state index in [9.17, 15) is 13.2 Å². The van der Waals surface area contributed by atoms with Crippen LogP contribution in [0.1, 0.15) is 5.56 Å². The Morgan fingerprint density at radius 2 is 2.12 bits per heavy atom. The molecule has 0 aliphatic carbocycles. The highest BCUT2D eigenvalue weighted by molar-refractivity contribution is 8.14. The number of aliphatic imine (C=N–C) groups is 1. The van der Waals surface area contributed by atoms with Gasteiger partial charge in [0, 0.05) is 17.9 Å². The van der Waals surface area contributed by atoms with Crippen LogP contribution in [0, 0.1) is 0 Å². The van der Waals surface area contributed by atoms with Crippen molar-refractivity contribution in [2.24, 2.45) is 4.99 Å². The van der Waals surface area contributed by atoms with Crippen molar-refractivity contribution in [1.29, 1.82) is 0 Å². The second-order valence-corrected chi connectivity index (χ2v) is 4.19. The summed E-state index contributed by atoms with van der Waals surface area (Å²) in [6, 6.07) is 5.88. The first-order valence-electron chi connectivity index (χ1n) is 4.58. The van der Waals surface area contributed by atoms with Crippen molar-refractivity contribution < 1.29 is 17.9 Å². The normalized spacial score (nSPS) is 16.1. The topological polar surface area (TPSA) is 21.6 Å². The molecule has 0 N–H and O–H groups in total. The zero-order valence-electron chi connectivity index (χ0n) is 8.12. The molecule has 2 nitrogen and oxygen atoms in total. The van der Waals surface area contributed by atoms with E-state index in [0.717, 1.165) is 10.8 Å². The van der Waals surface area contributed by atoms with E-state index in [1.54, 1.807) is 6.07 Å². The monoisotopic (exact) mass is 247 g/mol. The molecule has 0 bridgehead atoms. The Labute approximate surface area is 94.5 Å². The van der Waals surface area contributed by atoms with Gasteiger partial charge in [-0.15, -0.1) is 24.9 Å². The summed E-state index contributed by atoms with van der Waals surface area (Å²) in [4.78, 5) is 4.19. The van der Waals surface area contributed by atoms with Gasteiger partial charge < -0.3 is 4.74 Å². The molecular formula is C10H8F3NOS. The lowest BCUT2D eigenvalue weighted by atomic mass is 10.2. The first kappa shape index (κ1) is 11.3. The van der Waals surface area contributed by atoms with Crippen molar-refractivity contribution in [3.8, 4) is 5.75 Å². The number of hydrogen-bond donors (Lipinski definition) is 0. The van der Waals surface area contributed by atoms with E-state index in [4.69, 9.17) is 0 Å². The van der Waals surface area contributed by atoms with E-state index in [1.807, 2.05) is 0 Å². The summed E-state index contributed by atoms with van der Waals surface area (Å²) in [6.07, 6.45) is -4.65. The fourth-order valence-electron chi connectivity index (χ4n) is 1.34. The van der Waals surface area contributed by atoms with E-state index >= 15 is 0 Å². The number of rotatable bonds is 2. The van der Waals surface area contributed by atoms with E-state index in [-0.39, 0.29) is 5.75 Å². The van der Waals surface area contributed by atoms with Crippen LogP contribution in [0.2, 0.25) is 0 Å². The Bertz CT molecular complexity index is 417. The predicted octanol–water partition coefficient (Wildman–Crippen LogP) is 3.08. The molecular weight excluding hydrogens is 239 g/mol. The van der Waals surface area contributed by atoms with Crippen molar-refractivity contribution in [1.82, 2.24) is 0 Å². The molecule has 0 radical (unpaired) electrons. The fourth-order valence-corrected chi connectivity index (χ4v) is 2.19. The average Bonchev–Trinajstić information content (AvgIpc) is 2.68. The third-order valence-electron chi connectivity index (χ3n) is 1.90. The minimum Gasteiger partial charge on any atom is -0.406 e. The van der Waals surface area contributed by atoms with Crippen LogP contribution in [0.4, 0.5) is 13.2 Å². The number of alkyl halides is 3. The number of nitrogens with zero attached hydrogens (tertiary/aromatic N) is 1. The summed E-state index contributed by atoms with van der Waals surface area (Å²) < 4.78 is 39.8. The summed E-state index contributed by atoms with van der Waals surface area (Å²) in [7, 11) is 0. The van der Waals surface area contributed by atoms with Crippen LogP contribution in [0.15, 0.2) is 29.3 Å². The lowest BCUT2D eigenvalue weighted by Crippen LogP contribution is -2.17.